The van der Waals surface area contributed by atoms with Crippen molar-refractivity contribution in [3.63, 3.8) is 0 Å². The van der Waals surface area contributed by atoms with Crippen molar-refractivity contribution in [2.45, 2.75) is 13.5 Å². The van der Waals surface area contributed by atoms with E-state index in [1.807, 2.05) is 30.3 Å². The highest BCUT2D eigenvalue weighted by Gasteiger charge is 2.14. The van der Waals surface area contributed by atoms with Crippen LogP contribution in [0, 0.1) is 6.92 Å². The molecule has 22 heavy (non-hydrogen) atoms. The maximum atomic E-state index is 11.8. The molecule has 1 aromatic heterocycles. The van der Waals surface area contributed by atoms with Crippen LogP contribution in [0.15, 0.2) is 40.9 Å². The first-order valence-electron chi connectivity index (χ1n) is 6.35. The summed E-state index contributed by atoms with van der Waals surface area (Å²) in [6, 6.07) is 10.6. The van der Waals surface area contributed by atoms with Crippen molar-refractivity contribution < 1.29 is 19.4 Å². The number of halogens is 1. The van der Waals surface area contributed by atoms with Gasteiger partial charge >= 0.3 is 12.1 Å². The zero-order chi connectivity index (χ0) is 16.1. The molecule has 0 spiro atoms. The fourth-order valence-electron chi connectivity index (χ4n) is 1.74. The first-order valence-corrected chi connectivity index (χ1v) is 7.15. The largest absolute Gasteiger partial charge is 0.478 e. The lowest BCUT2D eigenvalue weighted by atomic mass is 10.2. The van der Waals surface area contributed by atoms with Gasteiger partial charge in [-0.15, -0.1) is 0 Å². The maximum Gasteiger partial charge on any atom is 0.413 e. The van der Waals surface area contributed by atoms with Crippen molar-refractivity contribution in [2.24, 2.45) is 0 Å². The van der Waals surface area contributed by atoms with Gasteiger partial charge in [0.25, 0.3) is 0 Å². The smallest absolute Gasteiger partial charge is 0.413 e. The van der Waals surface area contributed by atoms with E-state index in [0.29, 0.717) is 10.2 Å². The minimum Gasteiger partial charge on any atom is -0.478 e. The van der Waals surface area contributed by atoms with Crippen molar-refractivity contribution in [1.29, 1.82) is 0 Å². The molecule has 0 fully saturated rings. The Bertz CT molecular complexity index is 704. The van der Waals surface area contributed by atoms with Gasteiger partial charge in [-0.1, -0.05) is 30.3 Å². The molecule has 0 bridgehead atoms. The predicted molar refractivity (Wildman–Crippen MR) is 83.9 cm³/mol. The van der Waals surface area contributed by atoms with Gasteiger partial charge in [-0.05, 0) is 34.5 Å². The number of nitrogens with one attached hydrogen (secondary N) is 1. The Balaban J connectivity index is 2.02. The van der Waals surface area contributed by atoms with Crippen LogP contribution in [0.1, 0.15) is 21.6 Å². The molecule has 0 saturated carbocycles. The summed E-state index contributed by atoms with van der Waals surface area (Å²) in [5.41, 5.74) is 1.23. The van der Waals surface area contributed by atoms with Crippen LogP contribution in [0.25, 0.3) is 0 Å². The molecule has 0 unspecified atom stereocenters. The molecule has 2 rings (SSSR count). The molecule has 2 aromatic rings. The Hall–Kier alpha value is -2.41. The average Bonchev–Trinajstić information content (AvgIpc) is 2.49. The number of ether oxygens (including phenoxy) is 1. The normalized spacial score (nSPS) is 10.1. The van der Waals surface area contributed by atoms with Gasteiger partial charge in [0, 0.05) is 0 Å². The fraction of sp³-hybridized carbons (Fsp3) is 0.133. The molecule has 0 aliphatic heterocycles. The van der Waals surface area contributed by atoms with Gasteiger partial charge in [0.2, 0.25) is 0 Å². The van der Waals surface area contributed by atoms with E-state index in [9.17, 15) is 9.59 Å². The number of nitrogens with zero attached hydrogens (tertiary/aromatic N) is 1. The Labute approximate surface area is 135 Å². The SMILES string of the molecule is Cc1nc(NC(=O)OCc2ccccc2)c(Br)cc1C(=O)O. The topological polar surface area (TPSA) is 88.5 Å². The van der Waals surface area contributed by atoms with Gasteiger partial charge in [0.15, 0.2) is 0 Å². The van der Waals surface area contributed by atoms with Crippen molar-refractivity contribution in [3.05, 3.63) is 57.7 Å². The molecular weight excluding hydrogens is 352 g/mol. The van der Waals surface area contributed by atoms with Crippen molar-refractivity contribution in [2.75, 3.05) is 5.32 Å². The standard InChI is InChI=1S/C15H13BrN2O4/c1-9-11(14(19)20)7-12(16)13(17-9)18-15(21)22-8-10-5-3-2-4-6-10/h2-7H,8H2,1H3,(H,19,20)(H,17,18,21). The number of aromatic nitrogens is 1. The number of carbonyl (C=O) groups excluding carboxylic acids is 1. The average molecular weight is 365 g/mol. The lowest BCUT2D eigenvalue weighted by Crippen LogP contribution is -2.16. The van der Waals surface area contributed by atoms with Gasteiger partial charge in [-0.25, -0.2) is 14.6 Å². The molecule has 2 N–H and O–H groups in total. The van der Waals surface area contributed by atoms with Crippen LogP contribution in [-0.4, -0.2) is 22.2 Å². The van der Waals surface area contributed by atoms with Crippen LogP contribution in [-0.2, 0) is 11.3 Å². The highest BCUT2D eigenvalue weighted by atomic mass is 79.9. The highest BCUT2D eigenvalue weighted by molar-refractivity contribution is 9.10. The second-order valence-corrected chi connectivity index (χ2v) is 5.30. The van der Waals surface area contributed by atoms with E-state index in [1.54, 1.807) is 6.92 Å². The van der Waals surface area contributed by atoms with Crippen LogP contribution < -0.4 is 5.32 Å². The summed E-state index contributed by atoms with van der Waals surface area (Å²) in [5, 5.41) is 11.5. The lowest BCUT2D eigenvalue weighted by Gasteiger charge is -2.10. The number of carboxylic acid groups (broad SMARTS) is 1. The van der Waals surface area contributed by atoms with Crippen LogP contribution >= 0.6 is 15.9 Å². The van der Waals surface area contributed by atoms with Gasteiger partial charge < -0.3 is 9.84 Å². The summed E-state index contributed by atoms with van der Waals surface area (Å²) in [7, 11) is 0. The van der Waals surface area contributed by atoms with E-state index in [2.05, 4.69) is 26.2 Å². The van der Waals surface area contributed by atoms with E-state index < -0.39 is 12.1 Å². The van der Waals surface area contributed by atoms with E-state index in [1.165, 1.54) is 6.07 Å². The number of aromatic carboxylic acids is 1. The molecule has 0 aliphatic carbocycles. The Morgan fingerprint density at radius 2 is 2.00 bits per heavy atom. The fourth-order valence-corrected chi connectivity index (χ4v) is 2.16. The van der Waals surface area contributed by atoms with Gasteiger partial charge in [-0.3, -0.25) is 5.32 Å². The third kappa shape index (κ3) is 4.05. The number of anilines is 1. The first kappa shape index (κ1) is 16.0. The summed E-state index contributed by atoms with van der Waals surface area (Å²) in [6.07, 6.45) is -0.667. The Morgan fingerprint density at radius 3 is 2.64 bits per heavy atom. The van der Waals surface area contributed by atoms with E-state index in [0.717, 1.165) is 5.56 Å². The molecule has 0 aliphatic rings. The molecule has 1 heterocycles. The van der Waals surface area contributed by atoms with E-state index in [4.69, 9.17) is 9.84 Å². The number of hydrogen-bond donors (Lipinski definition) is 2. The zero-order valence-electron chi connectivity index (χ0n) is 11.7. The van der Waals surface area contributed by atoms with Gasteiger partial charge in [0.05, 0.1) is 15.7 Å². The minimum absolute atomic E-state index is 0.0649. The number of pyridine rings is 1. The molecule has 0 radical (unpaired) electrons. The Kier molecular flexibility index (Phi) is 5.11. The van der Waals surface area contributed by atoms with E-state index in [-0.39, 0.29) is 18.0 Å². The number of benzene rings is 1. The maximum absolute atomic E-state index is 11.8. The van der Waals surface area contributed by atoms with Crippen LogP contribution in [0.5, 0.6) is 0 Å². The summed E-state index contributed by atoms with van der Waals surface area (Å²) >= 11 is 3.18. The summed E-state index contributed by atoms with van der Waals surface area (Å²) in [4.78, 5) is 26.8. The first-order chi connectivity index (χ1) is 10.5. The number of carbonyl (C=O) groups is 2. The van der Waals surface area contributed by atoms with Gasteiger partial charge in [-0.2, -0.15) is 0 Å². The number of amides is 1. The predicted octanol–water partition coefficient (Wildman–Crippen LogP) is 3.60. The molecule has 0 atom stereocenters. The second-order valence-electron chi connectivity index (χ2n) is 4.44. The molecule has 1 amide bonds. The number of aryl methyl sites for hydroxylation is 1. The molecule has 0 saturated heterocycles. The third-order valence-electron chi connectivity index (χ3n) is 2.83. The highest BCUT2D eigenvalue weighted by Crippen LogP contribution is 2.23. The van der Waals surface area contributed by atoms with Crippen molar-refractivity contribution in [1.82, 2.24) is 4.98 Å². The number of carboxylic acids is 1. The quantitative estimate of drug-likeness (QED) is 0.864. The summed E-state index contributed by atoms with van der Waals surface area (Å²) in [6.45, 7) is 1.69. The lowest BCUT2D eigenvalue weighted by molar-refractivity contribution is 0.0695. The monoisotopic (exact) mass is 364 g/mol. The van der Waals surface area contributed by atoms with Crippen LogP contribution in [0.2, 0.25) is 0 Å². The molecule has 6 nitrogen and oxygen atoms in total. The molecular formula is C15H13BrN2O4. The Morgan fingerprint density at radius 1 is 1.32 bits per heavy atom. The molecule has 7 heteroatoms. The van der Waals surface area contributed by atoms with Crippen LogP contribution in [0.3, 0.4) is 0 Å². The third-order valence-corrected chi connectivity index (χ3v) is 3.43. The van der Waals surface area contributed by atoms with Crippen molar-refractivity contribution >= 4 is 33.8 Å². The van der Waals surface area contributed by atoms with E-state index >= 15 is 0 Å². The number of hydrogen-bond acceptors (Lipinski definition) is 4. The zero-order valence-corrected chi connectivity index (χ0v) is 13.3. The minimum atomic E-state index is -1.08. The van der Waals surface area contributed by atoms with Gasteiger partial charge in [0.1, 0.15) is 12.4 Å². The van der Waals surface area contributed by atoms with Crippen molar-refractivity contribution in [3.8, 4) is 0 Å². The number of rotatable bonds is 4. The molecule has 1 aromatic carbocycles. The van der Waals surface area contributed by atoms with Crippen LogP contribution in [0.4, 0.5) is 10.6 Å². The summed E-state index contributed by atoms with van der Waals surface area (Å²) in [5.74, 6) is -0.871. The summed E-state index contributed by atoms with van der Waals surface area (Å²) < 4.78 is 5.45. The second kappa shape index (κ2) is 7.04. The molecule has 114 valence electrons.